The van der Waals surface area contributed by atoms with Crippen molar-refractivity contribution in [1.29, 1.82) is 0 Å². The van der Waals surface area contributed by atoms with Crippen molar-refractivity contribution in [3.63, 3.8) is 0 Å². The third-order valence-corrected chi connectivity index (χ3v) is 4.33. The maximum absolute atomic E-state index is 12.2. The molecule has 3 heterocycles. The highest BCUT2D eigenvalue weighted by molar-refractivity contribution is 5.95. The van der Waals surface area contributed by atoms with Gasteiger partial charge < -0.3 is 24.4 Å². The molecule has 0 saturated carbocycles. The topological polar surface area (TPSA) is 86.1 Å². The van der Waals surface area contributed by atoms with E-state index in [-0.39, 0.29) is 30.4 Å². The molecule has 124 valence electrons. The van der Waals surface area contributed by atoms with Gasteiger partial charge in [0.15, 0.2) is 0 Å². The average Bonchev–Trinajstić information content (AvgIpc) is 3.14. The van der Waals surface area contributed by atoms with Crippen molar-refractivity contribution >= 4 is 17.8 Å². The largest absolute Gasteiger partial charge is 0.472 e. The van der Waals surface area contributed by atoms with Crippen molar-refractivity contribution in [3.05, 3.63) is 24.2 Å². The van der Waals surface area contributed by atoms with Gasteiger partial charge in [0.25, 0.3) is 0 Å². The van der Waals surface area contributed by atoms with Gasteiger partial charge in [-0.05, 0) is 12.5 Å². The summed E-state index contributed by atoms with van der Waals surface area (Å²) in [4.78, 5) is 40.9. The minimum Gasteiger partial charge on any atom is -0.472 e. The number of furan rings is 1. The predicted molar refractivity (Wildman–Crippen MR) is 80.2 cm³/mol. The number of amides is 4. The summed E-state index contributed by atoms with van der Waals surface area (Å²) >= 11 is 0. The van der Waals surface area contributed by atoms with Crippen LogP contribution in [0.4, 0.5) is 4.79 Å². The van der Waals surface area contributed by atoms with E-state index in [1.54, 1.807) is 37.6 Å². The second kappa shape index (κ2) is 5.94. The zero-order chi connectivity index (χ0) is 16.6. The maximum Gasteiger partial charge on any atom is 0.317 e. The predicted octanol–water partition coefficient (Wildman–Crippen LogP) is -0.137. The molecule has 2 atom stereocenters. The number of nitrogens with one attached hydrogen (secondary N) is 1. The molecular weight excluding hydrogens is 300 g/mol. The lowest BCUT2D eigenvalue weighted by Gasteiger charge is -2.33. The number of urea groups is 1. The fraction of sp³-hybridized carbons (Fsp3) is 0.533. The van der Waals surface area contributed by atoms with Crippen LogP contribution in [0.25, 0.3) is 0 Å². The van der Waals surface area contributed by atoms with E-state index in [1.165, 1.54) is 9.80 Å². The van der Waals surface area contributed by atoms with Crippen LogP contribution < -0.4 is 5.32 Å². The smallest absolute Gasteiger partial charge is 0.317 e. The Morgan fingerprint density at radius 1 is 1.48 bits per heavy atom. The van der Waals surface area contributed by atoms with E-state index in [2.05, 4.69) is 5.32 Å². The first-order valence-corrected chi connectivity index (χ1v) is 7.53. The van der Waals surface area contributed by atoms with Gasteiger partial charge in [-0.1, -0.05) is 0 Å². The molecule has 8 heteroatoms. The Morgan fingerprint density at radius 2 is 2.26 bits per heavy atom. The van der Waals surface area contributed by atoms with Gasteiger partial charge in [0, 0.05) is 26.2 Å². The number of carbonyl (C=O) groups is 3. The molecular formula is C15H20N4O4. The molecule has 0 radical (unpaired) electrons. The molecule has 0 spiro atoms. The highest BCUT2D eigenvalue weighted by Gasteiger charge is 2.45. The number of carbonyl (C=O) groups excluding carboxylic acids is 3. The van der Waals surface area contributed by atoms with Crippen molar-refractivity contribution in [2.75, 3.05) is 27.2 Å². The van der Waals surface area contributed by atoms with Gasteiger partial charge in [-0.3, -0.25) is 9.59 Å². The van der Waals surface area contributed by atoms with Crippen molar-refractivity contribution in [2.24, 2.45) is 0 Å². The second-order valence-corrected chi connectivity index (χ2v) is 6.13. The Kier molecular flexibility index (Phi) is 3.97. The van der Waals surface area contributed by atoms with Crippen molar-refractivity contribution in [1.82, 2.24) is 20.0 Å². The molecule has 2 aliphatic rings. The highest BCUT2D eigenvalue weighted by atomic mass is 16.3. The number of fused-ring (bicyclic) bond motifs is 1. The van der Waals surface area contributed by atoms with E-state index in [4.69, 9.17) is 4.42 Å². The quantitative estimate of drug-likeness (QED) is 0.840. The first kappa shape index (κ1) is 15.4. The fourth-order valence-electron chi connectivity index (χ4n) is 3.09. The lowest BCUT2D eigenvalue weighted by Crippen LogP contribution is -2.55. The van der Waals surface area contributed by atoms with E-state index in [0.29, 0.717) is 19.5 Å². The molecule has 0 unspecified atom stereocenters. The highest BCUT2D eigenvalue weighted by Crippen LogP contribution is 2.23. The van der Waals surface area contributed by atoms with Gasteiger partial charge in [0.2, 0.25) is 11.8 Å². The van der Waals surface area contributed by atoms with Crippen LogP contribution in [0.2, 0.25) is 0 Å². The normalized spacial score (nSPS) is 23.9. The summed E-state index contributed by atoms with van der Waals surface area (Å²) in [5.74, 6) is -0.131. The third kappa shape index (κ3) is 3.01. The Morgan fingerprint density at radius 3 is 2.96 bits per heavy atom. The van der Waals surface area contributed by atoms with Gasteiger partial charge in [-0.15, -0.1) is 0 Å². The van der Waals surface area contributed by atoms with E-state index in [1.807, 2.05) is 0 Å². The molecule has 23 heavy (non-hydrogen) atoms. The minimum atomic E-state index is -0.453. The van der Waals surface area contributed by atoms with E-state index >= 15 is 0 Å². The maximum atomic E-state index is 12.2. The van der Waals surface area contributed by atoms with Crippen LogP contribution in [0.3, 0.4) is 0 Å². The lowest BCUT2D eigenvalue weighted by atomic mass is 10.1. The van der Waals surface area contributed by atoms with Crippen molar-refractivity contribution in [2.45, 2.75) is 25.0 Å². The molecule has 0 bridgehead atoms. The molecule has 2 saturated heterocycles. The van der Waals surface area contributed by atoms with Crippen molar-refractivity contribution < 1.29 is 18.8 Å². The molecule has 4 amide bonds. The van der Waals surface area contributed by atoms with E-state index in [9.17, 15) is 14.4 Å². The fourth-order valence-corrected chi connectivity index (χ4v) is 3.09. The Labute approximate surface area is 134 Å². The van der Waals surface area contributed by atoms with Crippen LogP contribution in [-0.4, -0.2) is 71.8 Å². The van der Waals surface area contributed by atoms with Gasteiger partial charge in [0.1, 0.15) is 6.04 Å². The summed E-state index contributed by atoms with van der Waals surface area (Å²) in [6.07, 6.45) is 3.61. The molecule has 3 rings (SSSR count). The summed E-state index contributed by atoms with van der Waals surface area (Å²) in [6, 6.07) is 0.904. The number of hydrogen-bond acceptors (Lipinski definition) is 4. The summed E-state index contributed by atoms with van der Waals surface area (Å²) in [6.45, 7) is 0.924. The van der Waals surface area contributed by atoms with Crippen LogP contribution in [0.1, 0.15) is 12.0 Å². The molecule has 8 nitrogen and oxygen atoms in total. The van der Waals surface area contributed by atoms with E-state index in [0.717, 1.165) is 5.56 Å². The monoisotopic (exact) mass is 320 g/mol. The first-order valence-electron chi connectivity index (χ1n) is 7.53. The van der Waals surface area contributed by atoms with Crippen LogP contribution in [-0.2, 0) is 16.1 Å². The summed E-state index contributed by atoms with van der Waals surface area (Å²) in [5, 5.41) is 2.90. The Balaban J connectivity index is 1.58. The zero-order valence-electron chi connectivity index (χ0n) is 13.2. The SMILES string of the molecule is CN(Cc1ccoc1)C(=O)N[C@H]1C[C@H]2C(=O)N(C)CC(=O)N2C1. The second-order valence-electron chi connectivity index (χ2n) is 6.13. The van der Waals surface area contributed by atoms with Gasteiger partial charge in [-0.2, -0.15) is 0 Å². The Hall–Kier alpha value is -2.51. The van der Waals surface area contributed by atoms with Crippen molar-refractivity contribution in [3.8, 4) is 0 Å². The molecule has 2 fully saturated rings. The molecule has 0 aromatic carbocycles. The first-order chi connectivity index (χ1) is 11.0. The lowest BCUT2D eigenvalue weighted by molar-refractivity contribution is -0.152. The molecule has 2 aliphatic heterocycles. The number of hydrogen-bond donors (Lipinski definition) is 1. The number of likely N-dealkylation sites (N-methyl/N-ethyl adjacent to an activating group) is 1. The summed E-state index contributed by atoms with van der Waals surface area (Å²) in [7, 11) is 3.32. The van der Waals surface area contributed by atoms with E-state index < -0.39 is 6.04 Å². The van der Waals surface area contributed by atoms with Gasteiger partial charge in [-0.25, -0.2) is 4.79 Å². The number of nitrogens with zero attached hydrogens (tertiary/aromatic N) is 3. The summed E-state index contributed by atoms with van der Waals surface area (Å²) < 4.78 is 4.98. The molecule has 1 aromatic rings. The van der Waals surface area contributed by atoms with Crippen LogP contribution in [0.15, 0.2) is 23.0 Å². The van der Waals surface area contributed by atoms with Crippen LogP contribution in [0, 0.1) is 0 Å². The minimum absolute atomic E-state index is 0.0619. The van der Waals surface area contributed by atoms with Gasteiger partial charge >= 0.3 is 6.03 Å². The third-order valence-electron chi connectivity index (χ3n) is 4.33. The van der Waals surface area contributed by atoms with Crippen LogP contribution >= 0.6 is 0 Å². The molecule has 1 aromatic heterocycles. The average molecular weight is 320 g/mol. The Bertz CT molecular complexity index is 615. The molecule has 0 aliphatic carbocycles. The zero-order valence-corrected chi connectivity index (χ0v) is 13.2. The standard InChI is InChI=1S/C15H20N4O4/c1-17-8-13(20)19-7-11(5-12(19)14(17)21)16-15(22)18(2)6-10-3-4-23-9-10/h3-4,9,11-12H,5-8H2,1-2H3,(H,16,22)/t11-,12-/m0/s1. The molecule has 1 N–H and O–H groups in total. The number of piperazine rings is 1. The number of rotatable bonds is 3. The summed E-state index contributed by atoms with van der Waals surface area (Å²) in [5.41, 5.74) is 0.901. The van der Waals surface area contributed by atoms with Gasteiger partial charge in [0.05, 0.1) is 31.7 Å². The van der Waals surface area contributed by atoms with Crippen LogP contribution in [0.5, 0.6) is 0 Å².